The molecule has 13 heavy (non-hydrogen) atoms. The second kappa shape index (κ2) is 2.77. The van der Waals surface area contributed by atoms with Gasteiger partial charge in [0.15, 0.2) is 0 Å². The van der Waals surface area contributed by atoms with Gasteiger partial charge >= 0.3 is 0 Å². The molecule has 0 radical (unpaired) electrons. The summed E-state index contributed by atoms with van der Waals surface area (Å²) in [6.07, 6.45) is 2.45. The van der Waals surface area contributed by atoms with Gasteiger partial charge in [-0.3, -0.25) is 0 Å². The van der Waals surface area contributed by atoms with Crippen LogP contribution in [0, 0.1) is 11.3 Å². The molecular weight excluding hydrogens is 160 g/mol. The number of hydrogen-bond acceptors (Lipinski definition) is 2. The standard InChI is InChI=1S/C11H12N2/c1-11(5-6-11)13-10-4-2-3-9(7-10)8-12/h2-4,7,13H,5-6H2,1H3. The van der Waals surface area contributed by atoms with E-state index in [9.17, 15) is 0 Å². The number of nitriles is 1. The molecule has 0 aliphatic heterocycles. The molecule has 1 N–H and O–H groups in total. The Balaban J connectivity index is 2.17. The first kappa shape index (κ1) is 8.12. The van der Waals surface area contributed by atoms with Crippen molar-refractivity contribution < 1.29 is 0 Å². The van der Waals surface area contributed by atoms with Crippen molar-refractivity contribution in [2.45, 2.75) is 25.3 Å². The maximum atomic E-state index is 8.70. The normalized spacial score (nSPS) is 17.5. The largest absolute Gasteiger partial charge is 0.380 e. The second-order valence-corrected chi connectivity index (χ2v) is 3.88. The molecule has 0 aromatic heterocycles. The molecule has 2 nitrogen and oxygen atoms in total. The molecule has 1 aliphatic carbocycles. The molecule has 1 aromatic rings. The van der Waals surface area contributed by atoms with E-state index in [1.807, 2.05) is 24.3 Å². The van der Waals surface area contributed by atoms with Gasteiger partial charge < -0.3 is 5.32 Å². The molecule has 0 atom stereocenters. The summed E-state index contributed by atoms with van der Waals surface area (Å²) in [4.78, 5) is 0. The summed E-state index contributed by atoms with van der Waals surface area (Å²) < 4.78 is 0. The Morgan fingerprint density at radius 2 is 2.23 bits per heavy atom. The fraction of sp³-hybridized carbons (Fsp3) is 0.364. The zero-order valence-electron chi connectivity index (χ0n) is 7.67. The van der Waals surface area contributed by atoms with Crippen molar-refractivity contribution in [2.75, 3.05) is 5.32 Å². The van der Waals surface area contributed by atoms with Crippen LogP contribution in [0.2, 0.25) is 0 Å². The van der Waals surface area contributed by atoms with Crippen molar-refractivity contribution in [1.82, 2.24) is 0 Å². The van der Waals surface area contributed by atoms with Gasteiger partial charge in [0.05, 0.1) is 11.6 Å². The molecule has 1 saturated carbocycles. The summed E-state index contributed by atoms with van der Waals surface area (Å²) in [5, 5.41) is 12.1. The Bertz CT molecular complexity index is 359. The molecule has 66 valence electrons. The van der Waals surface area contributed by atoms with Crippen molar-refractivity contribution >= 4 is 5.69 Å². The van der Waals surface area contributed by atoms with Crippen LogP contribution in [0.1, 0.15) is 25.3 Å². The molecule has 0 saturated heterocycles. The van der Waals surface area contributed by atoms with Gasteiger partial charge in [0.2, 0.25) is 0 Å². The maximum absolute atomic E-state index is 8.70. The van der Waals surface area contributed by atoms with Crippen LogP contribution in [0.3, 0.4) is 0 Å². The molecule has 0 unspecified atom stereocenters. The van der Waals surface area contributed by atoms with Crippen LogP contribution in [0.5, 0.6) is 0 Å². The van der Waals surface area contributed by atoms with E-state index in [-0.39, 0.29) is 5.54 Å². The molecular formula is C11H12N2. The number of benzene rings is 1. The van der Waals surface area contributed by atoms with Crippen LogP contribution < -0.4 is 5.32 Å². The molecule has 1 fully saturated rings. The van der Waals surface area contributed by atoms with E-state index < -0.39 is 0 Å². The average Bonchev–Trinajstić information content (AvgIpc) is 2.84. The summed E-state index contributed by atoms with van der Waals surface area (Å²) in [7, 11) is 0. The van der Waals surface area contributed by atoms with Gasteiger partial charge in [-0.25, -0.2) is 0 Å². The Morgan fingerprint density at radius 3 is 2.85 bits per heavy atom. The number of hydrogen-bond donors (Lipinski definition) is 1. The van der Waals surface area contributed by atoms with E-state index >= 15 is 0 Å². The quantitative estimate of drug-likeness (QED) is 0.744. The van der Waals surface area contributed by atoms with Crippen molar-refractivity contribution in [3.05, 3.63) is 29.8 Å². The van der Waals surface area contributed by atoms with Gasteiger partial charge in [-0.15, -0.1) is 0 Å². The highest BCUT2D eigenvalue weighted by molar-refractivity contribution is 5.51. The Labute approximate surface area is 78.2 Å². The second-order valence-electron chi connectivity index (χ2n) is 3.88. The topological polar surface area (TPSA) is 35.8 Å². The van der Waals surface area contributed by atoms with Crippen LogP contribution in [0.25, 0.3) is 0 Å². The lowest BCUT2D eigenvalue weighted by atomic mass is 10.2. The molecule has 2 heteroatoms. The number of rotatable bonds is 2. The summed E-state index contributed by atoms with van der Waals surface area (Å²) >= 11 is 0. The summed E-state index contributed by atoms with van der Waals surface area (Å²) in [5.74, 6) is 0. The van der Waals surface area contributed by atoms with E-state index in [0.29, 0.717) is 5.56 Å². The molecule has 0 spiro atoms. The molecule has 0 amide bonds. The summed E-state index contributed by atoms with van der Waals surface area (Å²) in [6.45, 7) is 2.20. The third-order valence-corrected chi connectivity index (χ3v) is 2.44. The van der Waals surface area contributed by atoms with Crippen molar-refractivity contribution in [3.8, 4) is 6.07 Å². The van der Waals surface area contributed by atoms with Gasteiger partial charge in [0, 0.05) is 11.2 Å². The van der Waals surface area contributed by atoms with Crippen molar-refractivity contribution in [1.29, 1.82) is 5.26 Å². The SMILES string of the molecule is CC1(Nc2cccc(C#N)c2)CC1. The lowest BCUT2D eigenvalue weighted by Crippen LogP contribution is -2.15. The van der Waals surface area contributed by atoms with Crippen molar-refractivity contribution in [2.24, 2.45) is 0 Å². The Kier molecular flexibility index (Phi) is 1.73. The third kappa shape index (κ3) is 1.81. The van der Waals surface area contributed by atoms with E-state index in [4.69, 9.17) is 5.26 Å². The highest BCUT2D eigenvalue weighted by Gasteiger charge is 2.36. The minimum absolute atomic E-state index is 0.286. The van der Waals surface area contributed by atoms with Gasteiger partial charge in [0.25, 0.3) is 0 Å². The van der Waals surface area contributed by atoms with E-state index in [2.05, 4.69) is 18.3 Å². The van der Waals surface area contributed by atoms with Crippen LogP contribution in [0.4, 0.5) is 5.69 Å². The number of anilines is 1. The van der Waals surface area contributed by atoms with E-state index in [0.717, 1.165) is 5.69 Å². The maximum Gasteiger partial charge on any atom is 0.0992 e. The lowest BCUT2D eigenvalue weighted by Gasteiger charge is -2.12. The minimum atomic E-state index is 0.286. The minimum Gasteiger partial charge on any atom is -0.380 e. The summed E-state index contributed by atoms with van der Waals surface area (Å²) in [6, 6.07) is 9.76. The molecule has 0 heterocycles. The molecule has 1 aromatic carbocycles. The molecule has 1 aliphatic rings. The van der Waals surface area contributed by atoms with Crippen LogP contribution in [0.15, 0.2) is 24.3 Å². The van der Waals surface area contributed by atoms with Gasteiger partial charge in [-0.2, -0.15) is 5.26 Å². The van der Waals surface area contributed by atoms with Gasteiger partial charge in [0.1, 0.15) is 0 Å². The zero-order chi connectivity index (χ0) is 9.31. The van der Waals surface area contributed by atoms with Gasteiger partial charge in [-0.05, 0) is 38.0 Å². The average molecular weight is 172 g/mol. The number of nitrogens with zero attached hydrogens (tertiary/aromatic N) is 1. The zero-order valence-corrected chi connectivity index (χ0v) is 7.67. The smallest absolute Gasteiger partial charge is 0.0992 e. The van der Waals surface area contributed by atoms with Crippen molar-refractivity contribution in [3.63, 3.8) is 0 Å². The highest BCUT2D eigenvalue weighted by Crippen LogP contribution is 2.38. The Morgan fingerprint density at radius 1 is 1.46 bits per heavy atom. The molecule has 0 bridgehead atoms. The predicted octanol–water partition coefficient (Wildman–Crippen LogP) is 2.52. The first-order valence-electron chi connectivity index (χ1n) is 4.50. The summed E-state index contributed by atoms with van der Waals surface area (Å²) in [5.41, 5.74) is 2.06. The van der Waals surface area contributed by atoms with E-state index in [1.54, 1.807) is 0 Å². The fourth-order valence-corrected chi connectivity index (χ4v) is 1.33. The highest BCUT2D eigenvalue weighted by atomic mass is 15.0. The molecule has 2 rings (SSSR count). The lowest BCUT2D eigenvalue weighted by molar-refractivity contribution is 0.829. The van der Waals surface area contributed by atoms with Crippen LogP contribution in [-0.2, 0) is 0 Å². The predicted molar refractivity (Wildman–Crippen MR) is 52.4 cm³/mol. The fourth-order valence-electron chi connectivity index (χ4n) is 1.33. The Hall–Kier alpha value is -1.49. The monoisotopic (exact) mass is 172 g/mol. The van der Waals surface area contributed by atoms with Crippen LogP contribution >= 0.6 is 0 Å². The van der Waals surface area contributed by atoms with Crippen LogP contribution in [-0.4, -0.2) is 5.54 Å². The van der Waals surface area contributed by atoms with E-state index in [1.165, 1.54) is 12.8 Å². The first-order valence-corrected chi connectivity index (χ1v) is 4.50. The first-order chi connectivity index (χ1) is 6.22. The van der Waals surface area contributed by atoms with Gasteiger partial charge in [-0.1, -0.05) is 6.07 Å². The number of nitrogens with one attached hydrogen (secondary N) is 1. The third-order valence-electron chi connectivity index (χ3n) is 2.44.